The van der Waals surface area contributed by atoms with Gasteiger partial charge in [0.05, 0.1) is 24.6 Å². The van der Waals surface area contributed by atoms with E-state index in [1.807, 2.05) is 48.5 Å². The van der Waals surface area contributed by atoms with E-state index in [0.717, 1.165) is 34.9 Å². The van der Waals surface area contributed by atoms with Gasteiger partial charge in [-0.2, -0.15) is 5.26 Å². The Bertz CT molecular complexity index is 1350. The maximum atomic E-state index is 12.9. The molecule has 0 bridgehead atoms. The van der Waals surface area contributed by atoms with Crippen molar-refractivity contribution in [2.45, 2.75) is 25.8 Å². The minimum Gasteiger partial charge on any atom is -0.495 e. The van der Waals surface area contributed by atoms with Crippen LogP contribution in [0.1, 0.15) is 30.3 Å². The van der Waals surface area contributed by atoms with Crippen LogP contribution in [0.25, 0.3) is 22.0 Å². The first-order chi connectivity index (χ1) is 17.4. The number of carbonyl (C=O) groups excluding carboxylic acids is 2. The molecule has 2 heterocycles. The summed E-state index contributed by atoms with van der Waals surface area (Å²) < 4.78 is 5.54. The van der Waals surface area contributed by atoms with Gasteiger partial charge in [0.2, 0.25) is 5.91 Å². The van der Waals surface area contributed by atoms with Crippen LogP contribution >= 0.6 is 0 Å². The third-order valence-electron chi connectivity index (χ3n) is 6.39. The highest BCUT2D eigenvalue weighted by molar-refractivity contribution is 5.99. The van der Waals surface area contributed by atoms with Crippen molar-refractivity contribution in [3.63, 3.8) is 0 Å². The summed E-state index contributed by atoms with van der Waals surface area (Å²) in [6.07, 6.45) is 1.46. The number of piperidine rings is 1. The number of aromatic nitrogens is 1. The molecule has 2 aromatic carbocycles. The van der Waals surface area contributed by atoms with Crippen LogP contribution in [0, 0.1) is 11.3 Å². The first-order valence-corrected chi connectivity index (χ1v) is 11.9. The maximum absolute atomic E-state index is 12.9. The lowest BCUT2D eigenvalue weighted by atomic mass is 10.0. The SMILES string of the molecule is C=C(C#N)CNc1c(OC)ccc2ccc(-c3cccc(C(=O)NC4CCN(C(C)=O)CC4)n3)cc12. The van der Waals surface area contributed by atoms with Crippen LogP contribution < -0.4 is 15.4 Å². The number of nitrogens with one attached hydrogen (secondary N) is 2. The standard InChI is InChI=1S/C28H29N5O3/c1-18(16-29)17-30-27-23-15-21(8-7-20(23)9-10-26(27)36-3)24-5-4-6-25(32-24)28(35)31-22-11-13-33(14-12-22)19(2)34/h4-10,15,22,30H,1,11-14,17H2,2-3H3,(H,31,35). The fourth-order valence-corrected chi connectivity index (χ4v) is 4.37. The Morgan fingerprint density at radius 1 is 1.19 bits per heavy atom. The van der Waals surface area contributed by atoms with Crippen LogP contribution in [-0.2, 0) is 4.79 Å². The zero-order valence-electron chi connectivity index (χ0n) is 20.5. The van der Waals surface area contributed by atoms with E-state index in [-0.39, 0.29) is 17.9 Å². The van der Waals surface area contributed by atoms with Crippen molar-refractivity contribution in [2.75, 3.05) is 32.1 Å². The smallest absolute Gasteiger partial charge is 0.270 e. The van der Waals surface area contributed by atoms with E-state index >= 15 is 0 Å². The van der Waals surface area contributed by atoms with Gasteiger partial charge in [-0.05, 0) is 42.5 Å². The fourth-order valence-electron chi connectivity index (χ4n) is 4.37. The number of hydrogen-bond acceptors (Lipinski definition) is 6. The molecule has 0 unspecified atom stereocenters. The van der Waals surface area contributed by atoms with E-state index < -0.39 is 0 Å². The summed E-state index contributed by atoms with van der Waals surface area (Å²) in [5.74, 6) is 0.496. The molecule has 1 aromatic heterocycles. The molecular weight excluding hydrogens is 454 g/mol. The number of likely N-dealkylation sites (tertiary alicyclic amines) is 1. The molecule has 1 saturated heterocycles. The third kappa shape index (κ3) is 5.47. The van der Waals surface area contributed by atoms with Gasteiger partial charge in [0.15, 0.2) is 0 Å². The number of rotatable bonds is 7. The van der Waals surface area contributed by atoms with E-state index in [1.165, 1.54) is 0 Å². The highest BCUT2D eigenvalue weighted by Crippen LogP contribution is 2.35. The van der Waals surface area contributed by atoms with Crippen LogP contribution in [-0.4, -0.2) is 54.5 Å². The molecule has 0 radical (unpaired) electrons. The molecule has 0 aliphatic carbocycles. The number of methoxy groups -OCH3 is 1. The van der Waals surface area contributed by atoms with Crippen LogP contribution in [0.15, 0.2) is 60.7 Å². The first kappa shape index (κ1) is 24.7. The molecule has 1 aliphatic heterocycles. The Kier molecular flexibility index (Phi) is 7.50. The van der Waals surface area contributed by atoms with E-state index in [0.29, 0.717) is 42.3 Å². The number of pyridine rings is 1. The molecule has 1 aliphatic rings. The average molecular weight is 484 g/mol. The Hall–Kier alpha value is -4.38. The first-order valence-electron chi connectivity index (χ1n) is 11.9. The highest BCUT2D eigenvalue weighted by Gasteiger charge is 2.23. The van der Waals surface area contributed by atoms with Gasteiger partial charge in [0.1, 0.15) is 11.4 Å². The largest absolute Gasteiger partial charge is 0.495 e. The van der Waals surface area contributed by atoms with Crippen molar-refractivity contribution in [1.29, 1.82) is 5.26 Å². The van der Waals surface area contributed by atoms with Gasteiger partial charge in [-0.15, -0.1) is 0 Å². The quantitative estimate of drug-likeness (QED) is 0.489. The van der Waals surface area contributed by atoms with Gasteiger partial charge >= 0.3 is 0 Å². The maximum Gasteiger partial charge on any atom is 0.270 e. The number of anilines is 1. The van der Waals surface area contributed by atoms with Gasteiger partial charge in [-0.25, -0.2) is 4.98 Å². The lowest BCUT2D eigenvalue weighted by molar-refractivity contribution is -0.129. The van der Waals surface area contributed by atoms with Crippen molar-refractivity contribution in [3.8, 4) is 23.1 Å². The van der Waals surface area contributed by atoms with Crippen LogP contribution in [0.4, 0.5) is 5.69 Å². The van der Waals surface area contributed by atoms with Crippen molar-refractivity contribution < 1.29 is 14.3 Å². The van der Waals surface area contributed by atoms with Crippen molar-refractivity contribution >= 4 is 28.3 Å². The molecular formula is C28H29N5O3. The van der Waals surface area contributed by atoms with E-state index in [2.05, 4.69) is 22.2 Å². The van der Waals surface area contributed by atoms with E-state index in [4.69, 9.17) is 10.00 Å². The second kappa shape index (κ2) is 10.9. The predicted molar refractivity (Wildman–Crippen MR) is 140 cm³/mol. The minimum atomic E-state index is -0.224. The number of benzene rings is 2. The van der Waals surface area contributed by atoms with E-state index in [1.54, 1.807) is 25.0 Å². The molecule has 0 atom stereocenters. The lowest BCUT2D eigenvalue weighted by Crippen LogP contribution is -2.46. The van der Waals surface area contributed by atoms with Gasteiger partial charge in [0.25, 0.3) is 5.91 Å². The monoisotopic (exact) mass is 483 g/mol. The van der Waals surface area contributed by atoms with E-state index in [9.17, 15) is 9.59 Å². The summed E-state index contributed by atoms with van der Waals surface area (Å²) in [6, 6.07) is 17.3. The number of nitriles is 1. The molecule has 1 fully saturated rings. The van der Waals surface area contributed by atoms with Gasteiger partial charge in [-0.1, -0.05) is 30.8 Å². The molecule has 184 valence electrons. The normalized spacial score (nSPS) is 13.6. The molecule has 0 spiro atoms. The summed E-state index contributed by atoms with van der Waals surface area (Å²) in [5.41, 5.74) is 3.04. The molecule has 0 saturated carbocycles. The number of hydrogen-bond donors (Lipinski definition) is 2. The highest BCUT2D eigenvalue weighted by atomic mass is 16.5. The Labute approximate surface area is 210 Å². The van der Waals surface area contributed by atoms with Crippen molar-refractivity contribution in [2.24, 2.45) is 0 Å². The Balaban J connectivity index is 1.58. The fraction of sp³-hybridized carbons (Fsp3) is 0.286. The minimum absolute atomic E-state index is 0.0171. The second-order valence-corrected chi connectivity index (χ2v) is 8.81. The summed E-state index contributed by atoms with van der Waals surface area (Å²) in [4.78, 5) is 30.9. The number of carbonyl (C=O) groups is 2. The molecule has 3 aromatic rings. The number of ether oxygens (including phenoxy) is 1. The number of fused-ring (bicyclic) bond motifs is 1. The summed E-state index contributed by atoms with van der Waals surface area (Å²) in [7, 11) is 1.60. The summed E-state index contributed by atoms with van der Waals surface area (Å²) in [6.45, 7) is 6.90. The van der Waals surface area contributed by atoms with Crippen molar-refractivity contribution in [1.82, 2.24) is 15.2 Å². The molecule has 2 N–H and O–H groups in total. The topological polar surface area (TPSA) is 107 Å². The molecule has 36 heavy (non-hydrogen) atoms. The lowest BCUT2D eigenvalue weighted by Gasteiger charge is -2.31. The van der Waals surface area contributed by atoms with Crippen LogP contribution in [0.2, 0.25) is 0 Å². The van der Waals surface area contributed by atoms with Gasteiger partial charge < -0.3 is 20.3 Å². The van der Waals surface area contributed by atoms with Crippen LogP contribution in [0.5, 0.6) is 5.75 Å². The predicted octanol–water partition coefficient (Wildman–Crippen LogP) is 4.14. The van der Waals surface area contributed by atoms with Crippen LogP contribution in [0.3, 0.4) is 0 Å². The molecule has 8 heteroatoms. The third-order valence-corrected chi connectivity index (χ3v) is 6.39. The Morgan fingerprint density at radius 2 is 1.94 bits per heavy atom. The second-order valence-electron chi connectivity index (χ2n) is 8.81. The zero-order valence-corrected chi connectivity index (χ0v) is 20.5. The summed E-state index contributed by atoms with van der Waals surface area (Å²) >= 11 is 0. The number of nitrogens with zero attached hydrogens (tertiary/aromatic N) is 3. The van der Waals surface area contributed by atoms with Gasteiger partial charge in [-0.3, -0.25) is 9.59 Å². The zero-order chi connectivity index (χ0) is 25.7. The molecule has 8 nitrogen and oxygen atoms in total. The average Bonchev–Trinajstić information content (AvgIpc) is 2.91. The molecule has 2 amide bonds. The Morgan fingerprint density at radius 3 is 2.64 bits per heavy atom. The number of amides is 2. The van der Waals surface area contributed by atoms with Crippen molar-refractivity contribution in [3.05, 3.63) is 66.4 Å². The summed E-state index contributed by atoms with van der Waals surface area (Å²) in [5, 5.41) is 17.3. The van der Waals surface area contributed by atoms with Gasteiger partial charge in [0, 0.05) is 49.1 Å². The molecule has 4 rings (SSSR count).